The summed E-state index contributed by atoms with van der Waals surface area (Å²) in [5, 5.41) is 11.2. The molecule has 0 saturated carbocycles. The minimum atomic E-state index is 0.868. The third-order valence-corrected chi connectivity index (χ3v) is 2.80. The average Bonchev–Trinajstić information content (AvgIpc) is 2.81. The second-order valence-electron chi connectivity index (χ2n) is 4.07. The Kier molecular flexibility index (Phi) is 3.86. The molecule has 0 unspecified atom stereocenters. The van der Waals surface area contributed by atoms with E-state index in [9.17, 15) is 0 Å². The van der Waals surface area contributed by atoms with Crippen LogP contribution >= 0.6 is 0 Å². The van der Waals surface area contributed by atoms with Gasteiger partial charge in [-0.3, -0.25) is 0 Å². The van der Waals surface area contributed by atoms with E-state index >= 15 is 0 Å². The highest BCUT2D eigenvalue weighted by Gasteiger charge is 2.14. The van der Waals surface area contributed by atoms with Gasteiger partial charge in [-0.05, 0) is 12.8 Å². The molecule has 96 valence electrons. The van der Waals surface area contributed by atoms with Crippen molar-refractivity contribution in [2.24, 2.45) is 7.05 Å². The van der Waals surface area contributed by atoms with Crippen molar-refractivity contribution in [1.29, 1.82) is 0 Å². The quantitative estimate of drug-likeness (QED) is 0.868. The maximum absolute atomic E-state index is 4.37. The van der Waals surface area contributed by atoms with E-state index < -0.39 is 0 Å². The lowest BCUT2D eigenvalue weighted by Crippen LogP contribution is -2.08. The maximum Gasteiger partial charge on any atom is 0.133 e. The average molecular weight is 246 g/mol. The number of aryl methyl sites for hydroxylation is 1. The highest BCUT2D eigenvalue weighted by molar-refractivity contribution is 5.64. The summed E-state index contributed by atoms with van der Waals surface area (Å²) in [7, 11) is 1.86. The third-order valence-electron chi connectivity index (χ3n) is 2.80. The molecule has 0 amide bonds. The van der Waals surface area contributed by atoms with Crippen molar-refractivity contribution in [3.8, 4) is 11.4 Å². The number of rotatable bonds is 5. The summed E-state index contributed by atoms with van der Waals surface area (Å²) < 4.78 is 1.73. The molecule has 0 aliphatic rings. The highest BCUT2D eigenvalue weighted by atomic mass is 15.4. The summed E-state index contributed by atoms with van der Waals surface area (Å²) >= 11 is 0. The molecule has 1 N–H and O–H groups in total. The fourth-order valence-corrected chi connectivity index (χ4v) is 1.87. The number of aromatic nitrogens is 5. The maximum atomic E-state index is 4.37. The Morgan fingerprint density at radius 3 is 2.72 bits per heavy atom. The second kappa shape index (κ2) is 5.57. The minimum Gasteiger partial charge on any atom is -0.370 e. The molecule has 2 aromatic heterocycles. The van der Waals surface area contributed by atoms with Gasteiger partial charge >= 0.3 is 0 Å². The zero-order valence-electron chi connectivity index (χ0n) is 11.0. The predicted octanol–water partition coefficient (Wildman–Crippen LogP) is 1.66. The Morgan fingerprint density at radius 1 is 1.28 bits per heavy atom. The molecule has 0 spiro atoms. The molecule has 0 aromatic carbocycles. The molecular weight excluding hydrogens is 228 g/mol. The zero-order valence-corrected chi connectivity index (χ0v) is 11.0. The first kappa shape index (κ1) is 12.5. The summed E-state index contributed by atoms with van der Waals surface area (Å²) in [6.07, 6.45) is 5.24. The molecule has 2 rings (SSSR count). The monoisotopic (exact) mass is 246 g/mol. The molecule has 18 heavy (non-hydrogen) atoms. The lowest BCUT2D eigenvalue weighted by molar-refractivity contribution is 0.718. The van der Waals surface area contributed by atoms with Crippen molar-refractivity contribution in [2.75, 3.05) is 11.9 Å². The largest absolute Gasteiger partial charge is 0.370 e. The topological polar surface area (TPSA) is 68.5 Å². The van der Waals surface area contributed by atoms with Crippen molar-refractivity contribution in [3.63, 3.8) is 0 Å². The van der Waals surface area contributed by atoms with Crippen LogP contribution in [-0.4, -0.2) is 31.5 Å². The standard InChI is InChI=1S/C12H18N6/c1-4-6-13-12-9(5-2)11(14-8-15-12)10-7-16-17-18(10)3/h7-8H,4-6H2,1-3H3,(H,13,14,15). The van der Waals surface area contributed by atoms with E-state index in [4.69, 9.17) is 0 Å². The Bertz CT molecular complexity index is 519. The van der Waals surface area contributed by atoms with Crippen molar-refractivity contribution >= 4 is 5.82 Å². The first-order chi connectivity index (χ1) is 8.77. The van der Waals surface area contributed by atoms with Gasteiger partial charge in [-0.1, -0.05) is 19.1 Å². The number of nitrogens with one attached hydrogen (secondary N) is 1. The molecule has 6 nitrogen and oxygen atoms in total. The lowest BCUT2D eigenvalue weighted by Gasteiger charge is -2.12. The smallest absolute Gasteiger partial charge is 0.133 e. The minimum absolute atomic E-state index is 0.868. The van der Waals surface area contributed by atoms with Crippen LogP contribution in [0.4, 0.5) is 5.82 Å². The number of hydrogen-bond acceptors (Lipinski definition) is 5. The summed E-state index contributed by atoms with van der Waals surface area (Å²) in [6.45, 7) is 5.14. The van der Waals surface area contributed by atoms with E-state index in [2.05, 4.69) is 39.4 Å². The molecule has 0 fully saturated rings. The van der Waals surface area contributed by atoms with Gasteiger partial charge in [0, 0.05) is 19.2 Å². The zero-order chi connectivity index (χ0) is 13.0. The summed E-state index contributed by atoms with van der Waals surface area (Å²) in [6, 6.07) is 0. The molecule has 6 heteroatoms. The van der Waals surface area contributed by atoms with Gasteiger partial charge in [0.25, 0.3) is 0 Å². The molecule has 0 aliphatic carbocycles. The van der Waals surface area contributed by atoms with E-state index in [1.807, 2.05) is 7.05 Å². The number of nitrogens with zero attached hydrogens (tertiary/aromatic N) is 5. The van der Waals surface area contributed by atoms with Crippen molar-refractivity contribution in [2.45, 2.75) is 26.7 Å². The molecule has 0 bridgehead atoms. The Labute approximate surface area is 106 Å². The summed E-state index contributed by atoms with van der Waals surface area (Å²) in [5.74, 6) is 0.908. The van der Waals surface area contributed by atoms with Crippen LogP contribution in [0.2, 0.25) is 0 Å². The van der Waals surface area contributed by atoms with Crippen LogP contribution in [0.1, 0.15) is 25.8 Å². The van der Waals surface area contributed by atoms with Gasteiger partial charge < -0.3 is 5.32 Å². The Balaban J connectivity index is 2.45. The van der Waals surface area contributed by atoms with Gasteiger partial charge in [0.15, 0.2) is 0 Å². The predicted molar refractivity (Wildman–Crippen MR) is 70.2 cm³/mol. The van der Waals surface area contributed by atoms with Gasteiger partial charge in [0.05, 0.1) is 11.9 Å². The molecular formula is C12H18N6. The lowest BCUT2D eigenvalue weighted by atomic mass is 10.1. The fraction of sp³-hybridized carbons (Fsp3) is 0.500. The van der Waals surface area contributed by atoms with E-state index in [1.54, 1.807) is 17.2 Å². The molecule has 0 radical (unpaired) electrons. The third kappa shape index (κ3) is 2.32. The van der Waals surface area contributed by atoms with Gasteiger partial charge in [-0.15, -0.1) is 5.10 Å². The molecule has 0 saturated heterocycles. The van der Waals surface area contributed by atoms with E-state index in [1.165, 1.54) is 0 Å². The van der Waals surface area contributed by atoms with E-state index in [0.717, 1.165) is 42.2 Å². The summed E-state index contributed by atoms with van der Waals surface area (Å²) in [4.78, 5) is 8.68. The Hall–Kier alpha value is -1.98. The van der Waals surface area contributed by atoms with Crippen LogP contribution in [0.15, 0.2) is 12.5 Å². The van der Waals surface area contributed by atoms with Crippen LogP contribution in [-0.2, 0) is 13.5 Å². The SMILES string of the molecule is CCCNc1ncnc(-c2cnnn2C)c1CC. The number of hydrogen-bond donors (Lipinski definition) is 1. The normalized spacial score (nSPS) is 10.6. The van der Waals surface area contributed by atoms with Crippen LogP contribution in [0.5, 0.6) is 0 Å². The van der Waals surface area contributed by atoms with Crippen molar-refractivity contribution in [3.05, 3.63) is 18.1 Å². The first-order valence-electron chi connectivity index (χ1n) is 6.20. The second-order valence-corrected chi connectivity index (χ2v) is 4.07. The highest BCUT2D eigenvalue weighted by Crippen LogP contribution is 2.24. The van der Waals surface area contributed by atoms with Crippen LogP contribution < -0.4 is 5.32 Å². The van der Waals surface area contributed by atoms with E-state index in [-0.39, 0.29) is 0 Å². The van der Waals surface area contributed by atoms with Crippen molar-refractivity contribution in [1.82, 2.24) is 25.0 Å². The summed E-state index contributed by atoms with van der Waals surface area (Å²) in [5.41, 5.74) is 2.92. The van der Waals surface area contributed by atoms with Crippen LogP contribution in [0.3, 0.4) is 0 Å². The molecule has 2 heterocycles. The van der Waals surface area contributed by atoms with Crippen LogP contribution in [0.25, 0.3) is 11.4 Å². The van der Waals surface area contributed by atoms with Gasteiger partial charge in [0.2, 0.25) is 0 Å². The van der Waals surface area contributed by atoms with Crippen LogP contribution in [0, 0.1) is 0 Å². The van der Waals surface area contributed by atoms with E-state index in [0.29, 0.717) is 0 Å². The van der Waals surface area contributed by atoms with Gasteiger partial charge in [0.1, 0.15) is 17.8 Å². The van der Waals surface area contributed by atoms with Gasteiger partial charge in [-0.25, -0.2) is 14.6 Å². The molecule has 0 atom stereocenters. The van der Waals surface area contributed by atoms with Crippen molar-refractivity contribution < 1.29 is 0 Å². The first-order valence-corrected chi connectivity index (χ1v) is 6.20. The van der Waals surface area contributed by atoms with Gasteiger partial charge in [-0.2, -0.15) is 0 Å². The molecule has 2 aromatic rings. The molecule has 0 aliphatic heterocycles. The fourth-order valence-electron chi connectivity index (χ4n) is 1.87. The Morgan fingerprint density at radius 2 is 2.11 bits per heavy atom. The number of anilines is 1.